The fourth-order valence-electron chi connectivity index (χ4n) is 3.69. The van der Waals surface area contributed by atoms with Gasteiger partial charge in [0.05, 0.1) is 11.5 Å². The third-order valence-electron chi connectivity index (χ3n) is 5.75. The molecule has 1 heterocycles. The number of halogens is 2. The van der Waals surface area contributed by atoms with Crippen LogP contribution >= 0.6 is 23.2 Å². The second-order valence-corrected chi connectivity index (χ2v) is 9.02. The summed E-state index contributed by atoms with van der Waals surface area (Å²) in [5.74, 6) is -1.61. The summed E-state index contributed by atoms with van der Waals surface area (Å²) in [5, 5.41) is 16.9. The van der Waals surface area contributed by atoms with Gasteiger partial charge in [-0.25, -0.2) is 0 Å². The summed E-state index contributed by atoms with van der Waals surface area (Å²) in [7, 11) is 0. The second kappa shape index (κ2) is 10.8. The first kappa shape index (κ1) is 25.9. The maximum Gasteiger partial charge on any atom is 0.278 e. The summed E-state index contributed by atoms with van der Waals surface area (Å²) in [5.41, 5.74) is 2.38. The molecule has 2 N–H and O–H groups in total. The molecule has 0 spiro atoms. The highest BCUT2D eigenvalue weighted by Crippen LogP contribution is 2.27. The molecule has 0 fully saturated rings. The van der Waals surface area contributed by atoms with E-state index in [1.807, 2.05) is 0 Å². The van der Waals surface area contributed by atoms with E-state index in [9.17, 15) is 24.5 Å². The lowest BCUT2D eigenvalue weighted by molar-refractivity contribution is -0.385. The van der Waals surface area contributed by atoms with E-state index >= 15 is 0 Å². The SMILES string of the molecule is Cc1ccc(NC(=O)c2ccc(CNC3=C(Cl)C(=O)N(Cc4ccccc4Cl)C3=O)cc2)cc1[N+](=O)[O-]. The van der Waals surface area contributed by atoms with Gasteiger partial charge >= 0.3 is 0 Å². The molecule has 0 unspecified atom stereocenters. The van der Waals surface area contributed by atoms with E-state index in [2.05, 4.69) is 10.6 Å². The van der Waals surface area contributed by atoms with Gasteiger partial charge in [-0.3, -0.25) is 29.4 Å². The van der Waals surface area contributed by atoms with Crippen LogP contribution in [0.2, 0.25) is 5.02 Å². The minimum Gasteiger partial charge on any atom is -0.375 e. The molecule has 188 valence electrons. The van der Waals surface area contributed by atoms with Crippen molar-refractivity contribution in [3.8, 4) is 0 Å². The normalized spacial score (nSPS) is 13.2. The third-order valence-corrected chi connectivity index (χ3v) is 6.47. The molecule has 0 aliphatic carbocycles. The molecule has 1 aliphatic heterocycles. The summed E-state index contributed by atoms with van der Waals surface area (Å²) in [4.78, 5) is 49.6. The van der Waals surface area contributed by atoms with Gasteiger partial charge in [0.1, 0.15) is 10.7 Å². The van der Waals surface area contributed by atoms with Crippen molar-refractivity contribution in [1.82, 2.24) is 10.2 Å². The number of nitro benzene ring substituents is 1. The Balaban J connectivity index is 1.38. The number of hydrogen-bond donors (Lipinski definition) is 2. The molecule has 3 amide bonds. The largest absolute Gasteiger partial charge is 0.375 e. The van der Waals surface area contributed by atoms with Crippen molar-refractivity contribution in [2.24, 2.45) is 0 Å². The van der Waals surface area contributed by atoms with Crippen LogP contribution in [-0.2, 0) is 22.7 Å². The zero-order chi connectivity index (χ0) is 26.7. The van der Waals surface area contributed by atoms with E-state index in [1.54, 1.807) is 67.6 Å². The third kappa shape index (κ3) is 5.63. The van der Waals surface area contributed by atoms with Gasteiger partial charge in [-0.15, -0.1) is 0 Å². The van der Waals surface area contributed by atoms with Gasteiger partial charge in [0.15, 0.2) is 0 Å². The Morgan fingerprint density at radius 2 is 1.70 bits per heavy atom. The molecule has 0 bridgehead atoms. The molecule has 37 heavy (non-hydrogen) atoms. The van der Waals surface area contributed by atoms with E-state index in [1.165, 1.54) is 6.07 Å². The molecule has 9 nitrogen and oxygen atoms in total. The quantitative estimate of drug-likeness (QED) is 0.238. The number of amides is 3. The Labute approximate surface area is 221 Å². The first-order valence-electron chi connectivity index (χ1n) is 11.0. The number of nitro groups is 1. The highest BCUT2D eigenvalue weighted by atomic mass is 35.5. The lowest BCUT2D eigenvalue weighted by Gasteiger charge is -2.16. The van der Waals surface area contributed by atoms with Crippen LogP contribution in [0.3, 0.4) is 0 Å². The van der Waals surface area contributed by atoms with Crippen LogP contribution in [0, 0.1) is 17.0 Å². The first-order chi connectivity index (χ1) is 17.7. The Morgan fingerprint density at radius 3 is 2.38 bits per heavy atom. The fourth-order valence-corrected chi connectivity index (χ4v) is 4.14. The van der Waals surface area contributed by atoms with E-state index < -0.39 is 22.6 Å². The molecular formula is C26H20Cl2N4O5. The maximum atomic E-state index is 12.8. The van der Waals surface area contributed by atoms with Crippen LogP contribution < -0.4 is 10.6 Å². The average Bonchev–Trinajstić information content (AvgIpc) is 3.08. The van der Waals surface area contributed by atoms with Gasteiger partial charge < -0.3 is 10.6 Å². The van der Waals surface area contributed by atoms with Crippen molar-refractivity contribution >= 4 is 52.3 Å². The smallest absolute Gasteiger partial charge is 0.278 e. The number of nitrogens with one attached hydrogen (secondary N) is 2. The standard InChI is InChI=1S/C26H20Cl2N4O5/c1-15-6-11-19(12-21(15)32(36)37)30-24(33)17-9-7-16(8-10-17)13-29-23-22(28)25(34)31(26(23)35)14-18-4-2-3-5-20(18)27/h2-12,29H,13-14H2,1H3,(H,30,33). The van der Waals surface area contributed by atoms with Crippen molar-refractivity contribution in [1.29, 1.82) is 0 Å². The summed E-state index contributed by atoms with van der Waals surface area (Å²) in [6.07, 6.45) is 0. The van der Waals surface area contributed by atoms with Crippen LogP contribution in [0.5, 0.6) is 0 Å². The number of anilines is 1. The van der Waals surface area contributed by atoms with Crippen LogP contribution in [0.4, 0.5) is 11.4 Å². The molecule has 4 rings (SSSR count). The average molecular weight is 539 g/mol. The number of aryl methyl sites for hydroxylation is 1. The first-order valence-corrected chi connectivity index (χ1v) is 11.8. The molecule has 3 aromatic carbocycles. The molecule has 0 saturated heterocycles. The fraction of sp³-hybridized carbons (Fsp3) is 0.115. The van der Waals surface area contributed by atoms with Gasteiger partial charge in [-0.2, -0.15) is 0 Å². The Morgan fingerprint density at radius 1 is 1.00 bits per heavy atom. The van der Waals surface area contributed by atoms with Crippen LogP contribution in [0.15, 0.2) is 77.5 Å². The van der Waals surface area contributed by atoms with Crippen LogP contribution in [0.25, 0.3) is 0 Å². The van der Waals surface area contributed by atoms with Crippen molar-refractivity contribution in [3.05, 3.63) is 115 Å². The number of carbonyl (C=O) groups is 3. The predicted molar refractivity (Wildman–Crippen MR) is 139 cm³/mol. The highest BCUT2D eigenvalue weighted by molar-refractivity contribution is 6.47. The topological polar surface area (TPSA) is 122 Å². The number of carbonyl (C=O) groups excluding carboxylic acids is 3. The summed E-state index contributed by atoms with van der Waals surface area (Å²) < 4.78 is 0. The molecule has 0 aromatic heterocycles. The summed E-state index contributed by atoms with van der Waals surface area (Å²) in [6.45, 7) is 1.79. The van der Waals surface area contributed by atoms with E-state index in [4.69, 9.17) is 23.2 Å². The molecule has 1 aliphatic rings. The molecular weight excluding hydrogens is 519 g/mol. The van der Waals surface area contributed by atoms with E-state index in [-0.39, 0.29) is 29.5 Å². The molecule has 3 aromatic rings. The van der Waals surface area contributed by atoms with E-state index in [0.29, 0.717) is 27.4 Å². The number of rotatable bonds is 8. The number of benzene rings is 3. The van der Waals surface area contributed by atoms with Gasteiger partial charge in [-0.05, 0) is 42.3 Å². The molecule has 0 atom stereocenters. The zero-order valence-electron chi connectivity index (χ0n) is 19.5. The van der Waals surface area contributed by atoms with Crippen molar-refractivity contribution in [2.45, 2.75) is 20.0 Å². The molecule has 0 saturated carbocycles. The lowest BCUT2D eigenvalue weighted by Crippen LogP contribution is -2.33. The van der Waals surface area contributed by atoms with E-state index in [0.717, 1.165) is 10.5 Å². The predicted octanol–water partition coefficient (Wildman–Crippen LogP) is 4.92. The summed E-state index contributed by atoms with van der Waals surface area (Å²) in [6, 6.07) is 17.9. The number of hydrogen-bond acceptors (Lipinski definition) is 6. The van der Waals surface area contributed by atoms with Gasteiger partial charge in [0, 0.05) is 34.4 Å². The molecule has 0 radical (unpaired) electrons. The van der Waals surface area contributed by atoms with Crippen LogP contribution in [-0.4, -0.2) is 27.5 Å². The minimum atomic E-state index is -0.613. The van der Waals surface area contributed by atoms with Crippen molar-refractivity contribution in [2.75, 3.05) is 5.32 Å². The summed E-state index contributed by atoms with van der Waals surface area (Å²) >= 11 is 12.3. The van der Waals surface area contributed by atoms with Crippen molar-refractivity contribution in [3.63, 3.8) is 0 Å². The minimum absolute atomic E-state index is 0.00725. The Hall–Kier alpha value is -4.21. The van der Waals surface area contributed by atoms with Crippen molar-refractivity contribution < 1.29 is 19.3 Å². The van der Waals surface area contributed by atoms with Gasteiger partial charge in [0.25, 0.3) is 23.4 Å². The maximum absolute atomic E-state index is 12.8. The zero-order valence-corrected chi connectivity index (χ0v) is 21.0. The number of nitrogens with zero attached hydrogens (tertiary/aromatic N) is 2. The monoisotopic (exact) mass is 538 g/mol. The number of imide groups is 1. The van der Waals surface area contributed by atoms with Crippen LogP contribution in [0.1, 0.15) is 27.0 Å². The highest BCUT2D eigenvalue weighted by Gasteiger charge is 2.37. The lowest BCUT2D eigenvalue weighted by atomic mass is 10.1. The second-order valence-electron chi connectivity index (χ2n) is 8.24. The Kier molecular flexibility index (Phi) is 7.56. The molecule has 11 heteroatoms. The van der Waals surface area contributed by atoms with Gasteiger partial charge in [-0.1, -0.05) is 59.6 Å². The van der Waals surface area contributed by atoms with Gasteiger partial charge in [0.2, 0.25) is 0 Å². The Bertz CT molecular complexity index is 1450.